The van der Waals surface area contributed by atoms with Crippen LogP contribution in [0.1, 0.15) is 46.8 Å². The zero-order valence-corrected chi connectivity index (χ0v) is 25.8. The van der Waals surface area contributed by atoms with Crippen LogP contribution in [0.15, 0.2) is 77.7 Å². The van der Waals surface area contributed by atoms with Crippen LogP contribution in [0.4, 0.5) is 27.6 Å². The Morgan fingerprint density at radius 3 is 1.72 bits per heavy atom. The molecule has 4 aromatic rings. The molecule has 4 rings (SSSR count). The highest BCUT2D eigenvalue weighted by Gasteiger charge is 2.38. The first kappa shape index (κ1) is 34.5. The van der Waals surface area contributed by atoms with E-state index in [1.807, 2.05) is 26.0 Å². The molecule has 14 heteroatoms. The second-order valence-corrected chi connectivity index (χ2v) is 12.8. The number of halogens is 6. The van der Waals surface area contributed by atoms with Gasteiger partial charge in [0.25, 0.3) is 0 Å². The van der Waals surface area contributed by atoms with Gasteiger partial charge in [0, 0.05) is 17.3 Å². The van der Waals surface area contributed by atoms with E-state index in [4.69, 9.17) is 11.6 Å². The molecular formula is C32H26ClF5N2O5S. The van der Waals surface area contributed by atoms with Crippen molar-refractivity contribution in [1.29, 1.82) is 0 Å². The number of benzene rings is 4. The number of hydrogen-bond acceptors (Lipinski definition) is 4. The number of amides is 1. The van der Waals surface area contributed by atoms with Gasteiger partial charge in [-0.25, -0.2) is 35.2 Å². The molecule has 0 saturated heterocycles. The van der Waals surface area contributed by atoms with E-state index in [0.29, 0.717) is 5.56 Å². The largest absolute Gasteiger partial charge is 0.478 e. The fourth-order valence-electron chi connectivity index (χ4n) is 4.49. The van der Waals surface area contributed by atoms with E-state index in [1.165, 1.54) is 48.5 Å². The van der Waals surface area contributed by atoms with Gasteiger partial charge in [-0.15, -0.1) is 0 Å². The van der Waals surface area contributed by atoms with Gasteiger partial charge in [-0.3, -0.25) is 4.79 Å². The van der Waals surface area contributed by atoms with Crippen molar-refractivity contribution in [2.24, 2.45) is 0 Å². The number of carboxylic acids is 1. The van der Waals surface area contributed by atoms with Crippen LogP contribution in [-0.4, -0.2) is 36.3 Å². The summed E-state index contributed by atoms with van der Waals surface area (Å²) in [5, 5.41) is 9.56. The molecule has 0 aliphatic carbocycles. The summed E-state index contributed by atoms with van der Waals surface area (Å²) in [6.45, 7) is 1.97. The number of carboxylic acid groups (broad SMARTS) is 1. The zero-order chi connectivity index (χ0) is 33.9. The minimum absolute atomic E-state index is 0.101. The molecule has 0 bridgehead atoms. The molecule has 0 heterocycles. The highest BCUT2D eigenvalue weighted by atomic mass is 35.5. The van der Waals surface area contributed by atoms with E-state index in [9.17, 15) is 45.1 Å². The van der Waals surface area contributed by atoms with Gasteiger partial charge in [0.05, 0.1) is 18.7 Å². The number of nitrogens with zero attached hydrogens (tertiary/aromatic N) is 2. The molecule has 0 radical (unpaired) electrons. The van der Waals surface area contributed by atoms with Crippen LogP contribution in [0, 0.1) is 29.1 Å². The quantitative estimate of drug-likeness (QED) is 0.102. The van der Waals surface area contributed by atoms with Crippen LogP contribution in [0.3, 0.4) is 0 Å². The summed E-state index contributed by atoms with van der Waals surface area (Å²) in [5.41, 5.74) is 1.80. The molecule has 0 aromatic heterocycles. The van der Waals surface area contributed by atoms with Crippen molar-refractivity contribution in [2.75, 3.05) is 11.4 Å². The summed E-state index contributed by atoms with van der Waals surface area (Å²) in [7, 11) is -5.57. The standard InChI is InChI=1S/C32H26ClF5N2O5S/c1-18(2)21-7-3-20(4-8-21)16-40(24-13-9-22(10-14-24)32(42)43)25(41)17-39(15-19-5-11-23(33)12-6-19)46(44,45)31-29(37)27(35)26(34)28(36)30(31)38/h3-14,18H,15-17H2,1-2H3,(H,42,43). The first-order valence-corrected chi connectivity index (χ1v) is 15.4. The van der Waals surface area contributed by atoms with Crippen LogP contribution < -0.4 is 4.90 Å². The minimum atomic E-state index is -5.57. The van der Waals surface area contributed by atoms with Crippen LogP contribution >= 0.6 is 11.6 Å². The smallest absolute Gasteiger partial charge is 0.335 e. The fourth-order valence-corrected chi connectivity index (χ4v) is 6.11. The van der Waals surface area contributed by atoms with Crippen molar-refractivity contribution in [3.05, 3.63) is 129 Å². The van der Waals surface area contributed by atoms with Crippen molar-refractivity contribution in [2.45, 2.75) is 37.8 Å². The molecule has 0 aliphatic heterocycles. The Morgan fingerprint density at radius 2 is 1.22 bits per heavy atom. The topological polar surface area (TPSA) is 95.0 Å². The van der Waals surface area contributed by atoms with Gasteiger partial charge < -0.3 is 10.0 Å². The van der Waals surface area contributed by atoms with E-state index in [0.717, 1.165) is 10.5 Å². The summed E-state index contributed by atoms with van der Waals surface area (Å²) < 4.78 is 99.2. The van der Waals surface area contributed by atoms with E-state index >= 15 is 0 Å². The third-order valence-electron chi connectivity index (χ3n) is 7.07. The molecule has 46 heavy (non-hydrogen) atoms. The zero-order valence-electron chi connectivity index (χ0n) is 24.3. The van der Waals surface area contributed by atoms with E-state index in [1.54, 1.807) is 12.1 Å². The second-order valence-electron chi connectivity index (χ2n) is 10.5. The van der Waals surface area contributed by atoms with Crippen molar-refractivity contribution in [1.82, 2.24) is 4.31 Å². The Hall–Kier alpha value is -4.33. The average molecular weight is 681 g/mol. The van der Waals surface area contributed by atoms with Gasteiger partial charge >= 0.3 is 5.97 Å². The van der Waals surface area contributed by atoms with E-state index < -0.39 is 69.0 Å². The van der Waals surface area contributed by atoms with Crippen LogP contribution in [0.5, 0.6) is 0 Å². The lowest BCUT2D eigenvalue weighted by Crippen LogP contribution is -2.43. The summed E-state index contributed by atoms with van der Waals surface area (Å²) in [4.78, 5) is 24.3. The van der Waals surface area contributed by atoms with Gasteiger partial charge in [0.2, 0.25) is 21.7 Å². The lowest BCUT2D eigenvalue weighted by atomic mass is 10.0. The minimum Gasteiger partial charge on any atom is -0.478 e. The summed E-state index contributed by atoms with van der Waals surface area (Å²) in [5.74, 6) is -14.7. The van der Waals surface area contributed by atoms with E-state index in [2.05, 4.69) is 0 Å². The molecule has 0 spiro atoms. The highest BCUT2D eigenvalue weighted by Crippen LogP contribution is 2.31. The molecule has 242 valence electrons. The molecule has 1 N–H and O–H groups in total. The van der Waals surface area contributed by atoms with Crippen molar-refractivity contribution in [3.8, 4) is 0 Å². The molecule has 0 saturated carbocycles. The Labute approximate surface area is 266 Å². The van der Waals surface area contributed by atoms with Crippen molar-refractivity contribution in [3.63, 3.8) is 0 Å². The maximum absolute atomic E-state index is 14.8. The van der Waals surface area contributed by atoms with E-state index in [-0.39, 0.29) is 38.6 Å². The Kier molecular flexibility index (Phi) is 10.5. The molecule has 4 aromatic carbocycles. The number of carbonyl (C=O) groups is 2. The number of sulfonamides is 1. The Bertz CT molecular complexity index is 1840. The van der Waals surface area contributed by atoms with Crippen LogP contribution in [0.2, 0.25) is 5.02 Å². The molecule has 0 aliphatic rings. The molecular weight excluding hydrogens is 655 g/mol. The van der Waals surface area contributed by atoms with Crippen molar-refractivity contribution < 1.29 is 45.1 Å². The lowest BCUT2D eigenvalue weighted by Gasteiger charge is -2.28. The van der Waals surface area contributed by atoms with Gasteiger partial charge in [-0.1, -0.05) is 61.8 Å². The Balaban J connectivity index is 1.80. The number of aromatic carboxylic acids is 1. The summed E-state index contributed by atoms with van der Waals surface area (Å²) >= 11 is 5.91. The first-order chi connectivity index (χ1) is 21.6. The highest BCUT2D eigenvalue weighted by molar-refractivity contribution is 7.89. The molecule has 0 unspecified atom stereocenters. The second kappa shape index (κ2) is 14.0. The van der Waals surface area contributed by atoms with Gasteiger partial charge in [-0.05, 0) is 59.0 Å². The Morgan fingerprint density at radius 1 is 0.739 bits per heavy atom. The lowest BCUT2D eigenvalue weighted by molar-refractivity contribution is -0.119. The number of hydrogen-bond donors (Lipinski definition) is 1. The maximum atomic E-state index is 14.8. The van der Waals surface area contributed by atoms with Crippen LogP contribution in [-0.2, 0) is 27.9 Å². The SMILES string of the molecule is CC(C)c1ccc(CN(C(=O)CN(Cc2ccc(Cl)cc2)S(=O)(=O)c2c(F)c(F)c(F)c(F)c2F)c2ccc(C(=O)O)cc2)cc1. The predicted molar refractivity (Wildman–Crippen MR) is 160 cm³/mol. The average Bonchev–Trinajstić information content (AvgIpc) is 3.02. The van der Waals surface area contributed by atoms with Crippen LogP contribution in [0.25, 0.3) is 0 Å². The molecule has 7 nitrogen and oxygen atoms in total. The molecule has 1 amide bonds. The predicted octanol–water partition coefficient (Wildman–Crippen LogP) is 7.28. The van der Waals surface area contributed by atoms with Crippen molar-refractivity contribution >= 4 is 39.2 Å². The number of carbonyl (C=O) groups excluding carboxylic acids is 1. The fraction of sp³-hybridized carbons (Fsp3) is 0.188. The number of rotatable bonds is 11. The van der Waals surface area contributed by atoms with Gasteiger partial charge in [-0.2, -0.15) is 4.31 Å². The molecule has 0 atom stereocenters. The summed E-state index contributed by atoms with van der Waals surface area (Å²) in [6.07, 6.45) is 0. The first-order valence-electron chi connectivity index (χ1n) is 13.6. The summed E-state index contributed by atoms with van der Waals surface area (Å²) in [6, 6.07) is 17.6. The maximum Gasteiger partial charge on any atom is 0.335 e. The van der Waals surface area contributed by atoms with Gasteiger partial charge in [0.15, 0.2) is 28.2 Å². The third kappa shape index (κ3) is 7.38. The number of anilines is 1. The normalized spacial score (nSPS) is 11.7. The molecule has 0 fully saturated rings. The third-order valence-corrected chi connectivity index (χ3v) is 9.13. The monoisotopic (exact) mass is 680 g/mol. The van der Waals surface area contributed by atoms with Gasteiger partial charge in [0.1, 0.15) is 0 Å².